The highest BCUT2D eigenvalue weighted by molar-refractivity contribution is 6.04. The van der Waals surface area contributed by atoms with Gasteiger partial charge in [0.1, 0.15) is 35.6 Å². The molecule has 54 heavy (non-hydrogen) atoms. The van der Waals surface area contributed by atoms with Gasteiger partial charge in [-0.25, -0.2) is 19.2 Å². The van der Waals surface area contributed by atoms with Crippen molar-refractivity contribution in [2.75, 3.05) is 6.61 Å². The number of esters is 2. The van der Waals surface area contributed by atoms with Gasteiger partial charge in [0.25, 0.3) is 0 Å². The van der Waals surface area contributed by atoms with Crippen molar-refractivity contribution in [2.24, 2.45) is 0 Å². The molecule has 2 aromatic rings. The van der Waals surface area contributed by atoms with Gasteiger partial charge >= 0.3 is 24.1 Å². The summed E-state index contributed by atoms with van der Waals surface area (Å²) < 4.78 is 28.3. The lowest BCUT2D eigenvalue weighted by Crippen LogP contribution is -2.48. The first kappa shape index (κ1) is 38.8. The molecule has 0 N–H and O–H groups in total. The van der Waals surface area contributed by atoms with E-state index in [0.717, 1.165) is 22.3 Å². The summed E-state index contributed by atoms with van der Waals surface area (Å²) in [5, 5.41) is 0. The number of benzene rings is 2. The van der Waals surface area contributed by atoms with Crippen molar-refractivity contribution in [3.63, 3.8) is 0 Å². The van der Waals surface area contributed by atoms with Crippen LogP contribution < -0.4 is 4.74 Å². The van der Waals surface area contributed by atoms with Gasteiger partial charge in [-0.15, -0.1) is 0 Å². The van der Waals surface area contributed by atoms with Crippen molar-refractivity contribution in [3.8, 4) is 16.9 Å². The van der Waals surface area contributed by atoms with Gasteiger partial charge in [0, 0.05) is 28.8 Å². The largest absolute Gasteiger partial charge is 0.488 e. The molecule has 2 saturated heterocycles. The number of amides is 2. The van der Waals surface area contributed by atoms with Crippen LogP contribution in [0.25, 0.3) is 11.1 Å². The van der Waals surface area contributed by atoms with Crippen molar-refractivity contribution in [3.05, 3.63) is 52.6 Å². The highest BCUT2D eigenvalue weighted by Gasteiger charge is 2.44. The third kappa shape index (κ3) is 8.09. The molecule has 6 rings (SSSR count). The lowest BCUT2D eigenvalue weighted by atomic mass is 9.84. The number of likely N-dealkylation sites (tertiary alicyclic amines) is 2. The Morgan fingerprint density at radius 2 is 1.31 bits per heavy atom. The molecular formula is C41H50N2O11. The first-order valence-electron chi connectivity index (χ1n) is 18.7. The minimum absolute atomic E-state index is 0.139. The fourth-order valence-electron chi connectivity index (χ4n) is 7.61. The van der Waals surface area contributed by atoms with Crippen LogP contribution in [0.15, 0.2) is 30.3 Å². The van der Waals surface area contributed by atoms with Crippen molar-refractivity contribution in [2.45, 2.75) is 142 Å². The molecular weight excluding hydrogens is 696 g/mol. The number of fused-ring (bicyclic) bond motifs is 4. The van der Waals surface area contributed by atoms with Gasteiger partial charge in [0.2, 0.25) is 5.78 Å². The second-order valence-electron chi connectivity index (χ2n) is 16.7. The maximum absolute atomic E-state index is 13.7. The number of aryl methyl sites for hydroxylation is 1. The van der Waals surface area contributed by atoms with Gasteiger partial charge in [-0.2, -0.15) is 0 Å². The summed E-state index contributed by atoms with van der Waals surface area (Å²) in [6, 6.07) is 6.71. The minimum atomic E-state index is -0.990. The molecule has 1 aliphatic carbocycles. The molecule has 0 spiro atoms. The number of hydrogen-bond acceptors (Lipinski definition) is 11. The summed E-state index contributed by atoms with van der Waals surface area (Å²) in [6.45, 7) is 13.9. The molecule has 5 atom stereocenters. The van der Waals surface area contributed by atoms with Crippen molar-refractivity contribution in [1.29, 1.82) is 0 Å². The Hall–Kier alpha value is -4.94. The van der Waals surface area contributed by atoms with Crippen LogP contribution in [-0.4, -0.2) is 93.6 Å². The summed E-state index contributed by atoms with van der Waals surface area (Å²) >= 11 is 0. The Morgan fingerprint density at radius 3 is 1.91 bits per heavy atom. The van der Waals surface area contributed by atoms with E-state index in [-0.39, 0.29) is 24.5 Å². The molecule has 5 unspecified atom stereocenters. The molecule has 4 aliphatic rings. The molecule has 0 aromatic heterocycles. The van der Waals surface area contributed by atoms with Crippen LogP contribution in [0.4, 0.5) is 9.59 Å². The molecule has 3 heterocycles. The third-order valence-corrected chi connectivity index (χ3v) is 10.2. The Kier molecular flexibility index (Phi) is 10.6. The summed E-state index contributed by atoms with van der Waals surface area (Å²) in [5.74, 6) is -1.50. The third-order valence-electron chi connectivity index (χ3n) is 10.2. The molecule has 3 aliphatic heterocycles. The topological polar surface area (TPSA) is 155 Å². The fraction of sp³-hybridized carbons (Fsp3) is 0.561. The predicted molar refractivity (Wildman–Crippen MR) is 195 cm³/mol. The van der Waals surface area contributed by atoms with E-state index in [1.54, 1.807) is 59.7 Å². The van der Waals surface area contributed by atoms with Gasteiger partial charge in [0.15, 0.2) is 18.5 Å². The average Bonchev–Trinajstić information content (AvgIpc) is 3.68. The van der Waals surface area contributed by atoms with Crippen LogP contribution in [0.1, 0.15) is 119 Å². The number of rotatable bonds is 6. The highest BCUT2D eigenvalue weighted by Crippen LogP contribution is 2.42. The maximum atomic E-state index is 13.7. The summed E-state index contributed by atoms with van der Waals surface area (Å²) in [5.41, 5.74) is 2.49. The molecule has 2 amide bonds. The molecule has 2 aromatic carbocycles. The number of hydrogen-bond donors (Lipinski definition) is 0. The van der Waals surface area contributed by atoms with E-state index in [9.17, 15) is 28.8 Å². The maximum Gasteiger partial charge on any atom is 0.411 e. The lowest BCUT2D eigenvalue weighted by molar-refractivity contribution is -0.153. The van der Waals surface area contributed by atoms with Gasteiger partial charge in [-0.05, 0) is 129 Å². The highest BCUT2D eigenvalue weighted by atomic mass is 16.6. The number of nitrogens with zero attached hydrogens (tertiary/aromatic N) is 2. The molecule has 13 nitrogen and oxygen atoms in total. The first-order chi connectivity index (χ1) is 25.3. The van der Waals surface area contributed by atoms with E-state index in [0.29, 0.717) is 55.4 Å². The molecule has 0 saturated carbocycles. The van der Waals surface area contributed by atoms with Crippen molar-refractivity contribution in [1.82, 2.24) is 9.80 Å². The number of ether oxygens (including phenoxy) is 5. The molecule has 13 heteroatoms. The lowest BCUT2D eigenvalue weighted by Gasteiger charge is -2.32. The monoisotopic (exact) mass is 746 g/mol. The standard InChI is InChI=1S/C41H50N2O11/c1-22-9-14-30(42(22)38(48)53-40(3,4)5)36(46)51-21-32(44)25-11-13-27-26(17-25)20-50-34-19-28-24(18-29(27)34)12-16-33(35(28)45)52-37(47)31-15-10-23(2)43(31)39(49)54-41(6,7)8/h11,13,17-19,22-23,30-31,33H,9-10,12,14-16,20-21H2,1-8H3. The van der Waals surface area contributed by atoms with Gasteiger partial charge < -0.3 is 23.7 Å². The molecule has 2 fully saturated rings. The van der Waals surface area contributed by atoms with E-state index < -0.39 is 65.9 Å². The Balaban J connectivity index is 1.10. The van der Waals surface area contributed by atoms with E-state index in [1.807, 2.05) is 26.0 Å². The molecule has 0 radical (unpaired) electrons. The number of carbonyl (C=O) groups is 6. The van der Waals surface area contributed by atoms with Crippen LogP contribution in [-0.2, 0) is 41.6 Å². The smallest absolute Gasteiger partial charge is 0.411 e. The normalized spacial score (nSPS) is 23.4. The fourth-order valence-corrected chi connectivity index (χ4v) is 7.61. The van der Waals surface area contributed by atoms with Gasteiger partial charge in [-0.3, -0.25) is 19.4 Å². The Bertz CT molecular complexity index is 1870. The van der Waals surface area contributed by atoms with E-state index >= 15 is 0 Å². The average molecular weight is 747 g/mol. The summed E-state index contributed by atoms with van der Waals surface area (Å²) in [4.78, 5) is 81.8. The van der Waals surface area contributed by atoms with Gasteiger partial charge in [0.05, 0.1) is 0 Å². The van der Waals surface area contributed by atoms with Crippen LogP contribution in [0.5, 0.6) is 5.75 Å². The Labute approximate surface area is 315 Å². The molecule has 290 valence electrons. The van der Waals surface area contributed by atoms with Crippen LogP contribution in [0.3, 0.4) is 0 Å². The van der Waals surface area contributed by atoms with Crippen molar-refractivity contribution < 1.29 is 52.5 Å². The quantitative estimate of drug-likeness (QED) is 0.179. The van der Waals surface area contributed by atoms with Crippen LogP contribution in [0, 0.1) is 0 Å². The number of Topliss-reactive ketones (excluding diaryl/α,β-unsaturated/α-hetero) is 2. The predicted octanol–water partition coefficient (Wildman–Crippen LogP) is 6.59. The second-order valence-corrected chi connectivity index (χ2v) is 16.7. The minimum Gasteiger partial charge on any atom is -0.488 e. The zero-order valence-electron chi connectivity index (χ0n) is 32.3. The first-order valence-corrected chi connectivity index (χ1v) is 18.7. The molecule has 0 bridgehead atoms. The van der Waals surface area contributed by atoms with Crippen LogP contribution >= 0.6 is 0 Å². The van der Waals surface area contributed by atoms with E-state index in [2.05, 4.69) is 0 Å². The van der Waals surface area contributed by atoms with E-state index in [4.69, 9.17) is 23.7 Å². The SMILES string of the molecule is CC1CCC(C(=O)OCC(=O)c2ccc3c(c2)COc2cc4c(cc2-3)CCC(OC(=O)C2CCC(C)N2C(=O)OC(C)(C)C)C4=O)N1C(=O)OC(C)(C)C. The van der Waals surface area contributed by atoms with E-state index in [1.165, 1.54) is 9.80 Å². The van der Waals surface area contributed by atoms with Crippen molar-refractivity contribution >= 4 is 35.7 Å². The number of ketones is 2. The van der Waals surface area contributed by atoms with Gasteiger partial charge in [-0.1, -0.05) is 12.1 Å². The Morgan fingerprint density at radius 1 is 0.722 bits per heavy atom. The zero-order valence-corrected chi connectivity index (χ0v) is 32.3. The van der Waals surface area contributed by atoms with Crippen LogP contribution in [0.2, 0.25) is 0 Å². The summed E-state index contributed by atoms with van der Waals surface area (Å²) in [6.07, 6.45) is 0.670. The number of carbonyl (C=O) groups excluding carboxylic acids is 6. The zero-order chi connectivity index (χ0) is 39.3. The summed E-state index contributed by atoms with van der Waals surface area (Å²) in [7, 11) is 0. The second kappa shape index (κ2) is 14.7.